The minimum atomic E-state index is 0. The monoisotopic (exact) mass is 535 g/mol. The zero-order chi connectivity index (χ0) is 20.0. The lowest BCUT2D eigenvalue weighted by molar-refractivity contribution is 0.130. The molecule has 1 heterocycles. The molecule has 0 radical (unpaired) electrons. The average Bonchev–Trinajstić information content (AvgIpc) is 3.16. The Kier molecular flexibility index (Phi) is 13.7. The molecule has 0 aliphatic rings. The number of nitrogens with one attached hydrogen (secondary N) is 2. The van der Waals surface area contributed by atoms with E-state index in [9.17, 15) is 0 Å². The first-order valence-corrected chi connectivity index (χ1v) is 10.3. The number of halogens is 2. The van der Waals surface area contributed by atoms with Crippen LogP contribution in [-0.2, 0) is 11.2 Å². The van der Waals surface area contributed by atoms with Gasteiger partial charge in [-0.25, -0.2) is 0 Å². The van der Waals surface area contributed by atoms with E-state index in [4.69, 9.17) is 20.9 Å². The van der Waals surface area contributed by atoms with Gasteiger partial charge in [-0.2, -0.15) is 4.98 Å². The van der Waals surface area contributed by atoms with Crippen LogP contribution in [0.1, 0.15) is 39.0 Å². The van der Waals surface area contributed by atoms with Crippen molar-refractivity contribution in [3.63, 3.8) is 0 Å². The second-order valence-corrected chi connectivity index (χ2v) is 6.72. The van der Waals surface area contributed by atoms with Gasteiger partial charge in [0.15, 0.2) is 5.96 Å². The molecule has 0 saturated heterocycles. The lowest BCUT2D eigenvalue weighted by Crippen LogP contribution is -2.38. The third-order valence-electron chi connectivity index (χ3n) is 3.89. The minimum Gasteiger partial charge on any atom is -0.381 e. The van der Waals surface area contributed by atoms with E-state index in [0.29, 0.717) is 29.7 Å². The molecule has 9 heteroatoms. The number of benzene rings is 1. The second kappa shape index (κ2) is 15.4. The van der Waals surface area contributed by atoms with Gasteiger partial charge in [0, 0.05) is 49.9 Å². The molecule has 162 valence electrons. The van der Waals surface area contributed by atoms with Gasteiger partial charge in [-0.3, -0.25) is 4.99 Å². The molecule has 0 spiro atoms. The van der Waals surface area contributed by atoms with Crippen LogP contribution < -0.4 is 10.6 Å². The first-order valence-electron chi connectivity index (χ1n) is 9.91. The van der Waals surface area contributed by atoms with E-state index in [1.807, 2.05) is 31.2 Å². The van der Waals surface area contributed by atoms with E-state index >= 15 is 0 Å². The predicted octanol–water partition coefficient (Wildman–Crippen LogP) is 4.31. The highest BCUT2D eigenvalue weighted by Gasteiger charge is 2.09. The average molecular weight is 536 g/mol. The number of hydrogen-bond donors (Lipinski definition) is 2. The molecule has 2 rings (SSSR count). The number of unbranched alkanes of at least 4 members (excludes halogenated alkanes) is 1. The molecule has 7 nitrogen and oxygen atoms in total. The van der Waals surface area contributed by atoms with Gasteiger partial charge in [0.25, 0.3) is 0 Å². The number of rotatable bonds is 12. The number of ether oxygens (including phenoxy) is 1. The molecule has 1 aromatic heterocycles. The molecule has 0 unspecified atom stereocenters. The largest absolute Gasteiger partial charge is 0.381 e. The lowest BCUT2D eigenvalue weighted by atomic mass is 10.2. The lowest BCUT2D eigenvalue weighted by Gasteiger charge is -2.10. The van der Waals surface area contributed by atoms with Crippen molar-refractivity contribution in [1.82, 2.24) is 20.8 Å². The minimum absolute atomic E-state index is 0. The Morgan fingerprint density at radius 1 is 1.21 bits per heavy atom. The standard InChI is InChI=1S/C20H30ClN5O2.HI/c1-3-5-13-27-14-7-11-23-20(22-4-2)24-12-10-18-25-19(26-28-18)16-8-6-9-17(21)15-16;/h6,8-9,15H,3-5,7,10-14H2,1-2H3,(H2,22,23,24);1H. The van der Waals surface area contributed by atoms with E-state index in [0.717, 1.165) is 57.1 Å². The summed E-state index contributed by atoms with van der Waals surface area (Å²) in [6.07, 6.45) is 3.79. The van der Waals surface area contributed by atoms with Gasteiger partial charge in [-0.1, -0.05) is 42.2 Å². The first kappa shape index (κ1) is 25.6. The molecule has 0 saturated carbocycles. The van der Waals surface area contributed by atoms with Crippen LogP contribution >= 0.6 is 35.6 Å². The summed E-state index contributed by atoms with van der Waals surface area (Å²) in [5.74, 6) is 1.90. The molecule has 2 aromatic rings. The summed E-state index contributed by atoms with van der Waals surface area (Å²) in [4.78, 5) is 8.98. The molecule has 1 aromatic carbocycles. The van der Waals surface area contributed by atoms with E-state index in [2.05, 4.69) is 32.7 Å². The summed E-state index contributed by atoms with van der Waals surface area (Å²) >= 11 is 6.01. The van der Waals surface area contributed by atoms with Crippen molar-refractivity contribution < 1.29 is 9.26 Å². The summed E-state index contributed by atoms with van der Waals surface area (Å²) in [6, 6.07) is 7.40. The third kappa shape index (κ3) is 10.3. The van der Waals surface area contributed by atoms with Crippen molar-refractivity contribution in [3.05, 3.63) is 35.2 Å². The Hall–Kier alpha value is -1.39. The highest BCUT2D eigenvalue weighted by Crippen LogP contribution is 2.19. The van der Waals surface area contributed by atoms with Crippen LogP contribution in [0.5, 0.6) is 0 Å². The molecule has 0 bridgehead atoms. The Balaban J connectivity index is 0.00000420. The predicted molar refractivity (Wildman–Crippen MR) is 128 cm³/mol. The Morgan fingerprint density at radius 3 is 2.79 bits per heavy atom. The topological polar surface area (TPSA) is 84.6 Å². The molecule has 0 amide bonds. The molecule has 0 aliphatic heterocycles. The number of nitrogens with zero attached hydrogens (tertiary/aromatic N) is 3. The smallest absolute Gasteiger partial charge is 0.228 e. The fourth-order valence-electron chi connectivity index (χ4n) is 2.44. The Labute approximate surface area is 195 Å². The molecule has 29 heavy (non-hydrogen) atoms. The normalized spacial score (nSPS) is 11.2. The van der Waals surface area contributed by atoms with Gasteiger partial charge < -0.3 is 19.9 Å². The van der Waals surface area contributed by atoms with E-state index in [-0.39, 0.29) is 24.0 Å². The van der Waals surface area contributed by atoms with Crippen LogP contribution in [0.2, 0.25) is 5.02 Å². The fraction of sp³-hybridized carbons (Fsp3) is 0.550. The van der Waals surface area contributed by atoms with Crippen LogP contribution in [0.4, 0.5) is 0 Å². The maximum absolute atomic E-state index is 6.01. The summed E-state index contributed by atoms with van der Waals surface area (Å²) in [6.45, 7) is 7.96. The molecular weight excluding hydrogens is 505 g/mol. The van der Waals surface area contributed by atoms with Crippen LogP contribution in [0, 0.1) is 0 Å². The number of hydrogen-bond acceptors (Lipinski definition) is 5. The van der Waals surface area contributed by atoms with Crippen molar-refractivity contribution in [1.29, 1.82) is 0 Å². The van der Waals surface area contributed by atoms with Crippen molar-refractivity contribution in [2.45, 2.75) is 39.5 Å². The Morgan fingerprint density at radius 2 is 2.03 bits per heavy atom. The molecule has 0 fully saturated rings. The third-order valence-corrected chi connectivity index (χ3v) is 4.12. The van der Waals surface area contributed by atoms with Crippen molar-refractivity contribution >= 4 is 41.5 Å². The molecular formula is C20H31ClIN5O2. The van der Waals surface area contributed by atoms with E-state index in [1.165, 1.54) is 0 Å². The van der Waals surface area contributed by atoms with Gasteiger partial charge in [-0.15, -0.1) is 24.0 Å². The summed E-state index contributed by atoms with van der Waals surface area (Å²) < 4.78 is 10.9. The summed E-state index contributed by atoms with van der Waals surface area (Å²) in [7, 11) is 0. The first-order chi connectivity index (χ1) is 13.7. The highest BCUT2D eigenvalue weighted by atomic mass is 127. The van der Waals surface area contributed by atoms with E-state index in [1.54, 1.807) is 0 Å². The van der Waals surface area contributed by atoms with Gasteiger partial charge in [0.2, 0.25) is 11.7 Å². The van der Waals surface area contributed by atoms with E-state index < -0.39 is 0 Å². The number of aliphatic imine (C=N–C) groups is 1. The zero-order valence-corrected chi connectivity index (χ0v) is 20.2. The number of aromatic nitrogens is 2. The SMILES string of the molecule is CCCCOCCCN=C(NCC)NCCc1nc(-c2cccc(Cl)c2)no1.I. The maximum atomic E-state index is 6.01. The van der Waals surface area contributed by atoms with Crippen molar-refractivity contribution in [2.75, 3.05) is 32.8 Å². The summed E-state index contributed by atoms with van der Waals surface area (Å²) in [5, 5.41) is 11.2. The van der Waals surface area contributed by atoms with Gasteiger partial charge in [0.05, 0.1) is 0 Å². The number of guanidine groups is 1. The van der Waals surface area contributed by atoms with Crippen LogP contribution in [-0.4, -0.2) is 48.9 Å². The van der Waals surface area contributed by atoms with Crippen molar-refractivity contribution in [3.8, 4) is 11.4 Å². The van der Waals surface area contributed by atoms with Crippen LogP contribution in [0.25, 0.3) is 11.4 Å². The van der Waals surface area contributed by atoms with Gasteiger partial charge >= 0.3 is 0 Å². The van der Waals surface area contributed by atoms with Crippen molar-refractivity contribution in [2.24, 2.45) is 4.99 Å². The summed E-state index contributed by atoms with van der Waals surface area (Å²) in [5.41, 5.74) is 0.839. The zero-order valence-electron chi connectivity index (χ0n) is 17.1. The highest BCUT2D eigenvalue weighted by molar-refractivity contribution is 14.0. The maximum Gasteiger partial charge on any atom is 0.228 e. The van der Waals surface area contributed by atoms with Gasteiger partial charge in [0.1, 0.15) is 0 Å². The fourth-order valence-corrected chi connectivity index (χ4v) is 2.63. The molecule has 2 N–H and O–H groups in total. The van der Waals surface area contributed by atoms with Crippen LogP contribution in [0.3, 0.4) is 0 Å². The quantitative estimate of drug-likeness (QED) is 0.182. The van der Waals surface area contributed by atoms with Gasteiger partial charge in [-0.05, 0) is 31.9 Å². The molecule has 0 atom stereocenters. The second-order valence-electron chi connectivity index (χ2n) is 6.28. The van der Waals surface area contributed by atoms with Crippen LogP contribution in [0.15, 0.2) is 33.8 Å². The molecule has 0 aliphatic carbocycles. The Bertz CT molecular complexity index is 726.